The Balaban J connectivity index is 0.00000408. The van der Waals surface area contributed by atoms with Crippen molar-refractivity contribution in [3.8, 4) is 0 Å². The van der Waals surface area contributed by atoms with Crippen LogP contribution in [0.15, 0.2) is 10.6 Å². The number of β-lactam (4-membered cyclic amide) rings is 1. The average Bonchev–Trinajstić information content (AvgIpc) is 3.27. The van der Waals surface area contributed by atoms with E-state index in [9.17, 15) is 29.4 Å². The zero-order valence-electron chi connectivity index (χ0n) is 19.8. The van der Waals surface area contributed by atoms with Gasteiger partial charge in [0.2, 0.25) is 12.7 Å². The quantitative estimate of drug-likeness (QED) is 0.133. The molecule has 0 aromatic carbocycles. The van der Waals surface area contributed by atoms with E-state index in [1.807, 2.05) is 13.8 Å². The molecule has 13 heteroatoms. The van der Waals surface area contributed by atoms with Crippen molar-refractivity contribution in [1.82, 2.24) is 10.2 Å². The molecule has 2 N–H and O–H groups in total. The van der Waals surface area contributed by atoms with Crippen molar-refractivity contribution in [3.05, 3.63) is 10.6 Å². The van der Waals surface area contributed by atoms with E-state index in [4.69, 9.17) is 14.2 Å². The number of carbonyl (C=O) groups excluding carboxylic acids is 4. The molecule has 2 fully saturated rings. The van der Waals surface area contributed by atoms with Gasteiger partial charge in [-0.05, 0) is 19.8 Å². The number of aliphatic carboxylic acids is 1. The van der Waals surface area contributed by atoms with Crippen LogP contribution in [-0.2, 0) is 28.6 Å². The standard InChI is InChI=1S/C21H30N2O9S.Na/c1-4-5-14(25)31-9-32-21(29)22-8-12-13(6-7-30-12)33-18-10(2)16-15(11(3)24)19(26)23(16)17(18)20(27)28;/h10-13,15-16,24H,4-9H2,1-3H3,(H,22,29)(H,27,28);/q;+1/p-1/t10-,11-,12-,13-,15-,16?;/m1./s1. The number of ether oxygens (including phenoxy) is 3. The van der Waals surface area contributed by atoms with Gasteiger partial charge in [0, 0.05) is 35.6 Å². The number of alkyl carbamates (subject to hydrolysis) is 1. The van der Waals surface area contributed by atoms with Crippen LogP contribution in [-0.4, -0.2) is 77.4 Å². The van der Waals surface area contributed by atoms with Crippen molar-refractivity contribution in [3.63, 3.8) is 0 Å². The Bertz CT molecular complexity index is 837. The van der Waals surface area contributed by atoms with Gasteiger partial charge in [-0.2, -0.15) is 0 Å². The van der Waals surface area contributed by atoms with E-state index in [0.29, 0.717) is 24.4 Å². The number of esters is 1. The van der Waals surface area contributed by atoms with Crippen LogP contribution in [0.4, 0.5) is 4.79 Å². The molecule has 0 spiro atoms. The van der Waals surface area contributed by atoms with Crippen molar-refractivity contribution in [2.24, 2.45) is 11.8 Å². The molecule has 2 saturated heterocycles. The Labute approximate surface area is 224 Å². The van der Waals surface area contributed by atoms with E-state index in [2.05, 4.69) is 5.32 Å². The van der Waals surface area contributed by atoms with Gasteiger partial charge in [-0.25, -0.2) is 4.79 Å². The zero-order chi connectivity index (χ0) is 24.3. The molecule has 0 aliphatic carbocycles. The van der Waals surface area contributed by atoms with Crippen molar-refractivity contribution in [2.75, 3.05) is 19.9 Å². The van der Waals surface area contributed by atoms with Gasteiger partial charge >= 0.3 is 41.6 Å². The second-order valence-corrected chi connectivity index (χ2v) is 9.59. The van der Waals surface area contributed by atoms with E-state index < -0.39 is 54.9 Å². The van der Waals surface area contributed by atoms with Gasteiger partial charge < -0.3 is 39.4 Å². The molecular weight excluding hydrogens is 479 g/mol. The van der Waals surface area contributed by atoms with Crippen LogP contribution in [0.2, 0.25) is 0 Å². The monoisotopic (exact) mass is 508 g/mol. The number of hydrogen-bond donors (Lipinski definition) is 2. The molecule has 11 nitrogen and oxygen atoms in total. The summed E-state index contributed by atoms with van der Waals surface area (Å²) in [7, 11) is 0. The number of carboxylic acid groups (broad SMARTS) is 1. The number of rotatable bonds is 10. The smallest absolute Gasteiger partial charge is 0.543 e. The van der Waals surface area contributed by atoms with E-state index in [-0.39, 0.29) is 59.4 Å². The Hall–Kier alpha value is -1.31. The normalized spacial score (nSPS) is 28.5. The van der Waals surface area contributed by atoms with Crippen LogP contribution in [0.3, 0.4) is 0 Å². The van der Waals surface area contributed by atoms with Crippen molar-refractivity contribution < 1.29 is 73.2 Å². The van der Waals surface area contributed by atoms with E-state index in [1.54, 1.807) is 0 Å². The van der Waals surface area contributed by atoms with E-state index in [0.717, 1.165) is 0 Å². The SMILES string of the molecule is CCCC(=O)OCOC(=O)NC[C@H]1OCC[C@H]1SC1=C(C(=O)[O-])N2C(=O)[C@H]([C@@H](C)O)C2[C@H]1C.[Na+]. The predicted molar refractivity (Wildman–Crippen MR) is 113 cm³/mol. The van der Waals surface area contributed by atoms with Gasteiger partial charge in [0.1, 0.15) is 0 Å². The molecule has 2 amide bonds. The number of nitrogens with zero attached hydrogens (tertiary/aromatic N) is 1. The number of nitrogens with one attached hydrogen (secondary N) is 1. The fraction of sp³-hybridized carbons (Fsp3) is 0.714. The third-order valence-corrected chi connectivity index (χ3v) is 7.70. The van der Waals surface area contributed by atoms with Gasteiger partial charge in [0.15, 0.2) is 0 Å². The first kappa shape index (κ1) is 28.9. The van der Waals surface area contributed by atoms with Crippen molar-refractivity contribution >= 4 is 35.7 Å². The second-order valence-electron chi connectivity index (χ2n) is 8.31. The molecule has 3 rings (SSSR count). The molecule has 0 radical (unpaired) electrons. The second kappa shape index (κ2) is 12.6. The molecule has 0 bridgehead atoms. The molecule has 0 aromatic rings. The summed E-state index contributed by atoms with van der Waals surface area (Å²) in [6.07, 6.45) is -0.571. The number of thioether (sulfide) groups is 1. The van der Waals surface area contributed by atoms with Gasteiger partial charge in [-0.3, -0.25) is 9.59 Å². The minimum absolute atomic E-state index is 0. The number of carboxylic acids is 1. The average molecular weight is 509 g/mol. The molecule has 184 valence electrons. The molecule has 3 aliphatic rings. The summed E-state index contributed by atoms with van der Waals surface area (Å²) in [6, 6.07) is -0.419. The topological polar surface area (TPSA) is 155 Å². The molecule has 34 heavy (non-hydrogen) atoms. The zero-order valence-corrected chi connectivity index (χ0v) is 22.6. The third kappa shape index (κ3) is 6.08. The van der Waals surface area contributed by atoms with E-state index in [1.165, 1.54) is 23.6 Å². The molecule has 3 aliphatic heterocycles. The molecular formula is C21H29N2NaO9S. The number of hydrogen-bond acceptors (Lipinski definition) is 10. The molecule has 6 atom stereocenters. The van der Waals surface area contributed by atoms with Gasteiger partial charge in [-0.15, -0.1) is 11.8 Å². The maximum absolute atomic E-state index is 12.4. The van der Waals surface area contributed by atoms with Crippen molar-refractivity contribution in [2.45, 2.75) is 63.5 Å². The fourth-order valence-corrected chi connectivity index (χ4v) is 5.96. The maximum Gasteiger partial charge on any atom is 1.00 e. The summed E-state index contributed by atoms with van der Waals surface area (Å²) < 4.78 is 15.3. The predicted octanol–water partition coefficient (Wildman–Crippen LogP) is -3.27. The Morgan fingerprint density at radius 1 is 1.35 bits per heavy atom. The van der Waals surface area contributed by atoms with Gasteiger partial charge in [0.05, 0.1) is 35.8 Å². The fourth-order valence-electron chi connectivity index (χ4n) is 4.45. The summed E-state index contributed by atoms with van der Waals surface area (Å²) in [4.78, 5) is 49.2. The van der Waals surface area contributed by atoms with Gasteiger partial charge in [-0.1, -0.05) is 13.8 Å². The first-order valence-corrected chi connectivity index (χ1v) is 11.9. The Morgan fingerprint density at radius 3 is 2.68 bits per heavy atom. The number of aliphatic hydroxyl groups is 1. The molecule has 0 saturated carbocycles. The largest absolute Gasteiger partial charge is 1.00 e. The third-order valence-electron chi connectivity index (χ3n) is 6.04. The number of fused-ring (bicyclic) bond motifs is 1. The van der Waals surface area contributed by atoms with Gasteiger partial charge in [0.25, 0.3) is 0 Å². The minimum Gasteiger partial charge on any atom is -0.543 e. The Kier molecular flexibility index (Phi) is 10.7. The van der Waals surface area contributed by atoms with Crippen LogP contribution < -0.4 is 40.0 Å². The maximum atomic E-state index is 12.4. The number of carbonyl (C=O) groups is 4. The van der Waals surface area contributed by atoms with E-state index >= 15 is 0 Å². The van der Waals surface area contributed by atoms with Crippen LogP contribution in [0, 0.1) is 11.8 Å². The first-order chi connectivity index (χ1) is 15.7. The van der Waals surface area contributed by atoms with Crippen LogP contribution in [0.25, 0.3) is 0 Å². The van der Waals surface area contributed by atoms with Crippen LogP contribution in [0.5, 0.6) is 0 Å². The van der Waals surface area contributed by atoms with Crippen LogP contribution >= 0.6 is 11.8 Å². The summed E-state index contributed by atoms with van der Waals surface area (Å²) in [5.74, 6) is -3.23. The molecule has 1 unspecified atom stereocenters. The molecule has 0 aromatic heterocycles. The van der Waals surface area contributed by atoms with Crippen molar-refractivity contribution in [1.29, 1.82) is 0 Å². The summed E-state index contributed by atoms with van der Waals surface area (Å²) in [5.41, 5.74) is -0.147. The number of amides is 2. The Morgan fingerprint density at radius 2 is 2.06 bits per heavy atom. The minimum atomic E-state index is -1.43. The summed E-state index contributed by atoms with van der Waals surface area (Å²) >= 11 is 1.31. The van der Waals surface area contributed by atoms with Crippen LogP contribution in [0.1, 0.15) is 40.0 Å². The first-order valence-electron chi connectivity index (χ1n) is 11.0. The molecule has 3 heterocycles. The number of aliphatic hydroxyl groups excluding tert-OH is 1. The summed E-state index contributed by atoms with van der Waals surface area (Å²) in [5, 5.41) is 24.2. The summed E-state index contributed by atoms with van der Waals surface area (Å²) in [6.45, 7) is 5.24.